The molecule has 1 heterocycles. The summed E-state index contributed by atoms with van der Waals surface area (Å²) in [6, 6.07) is 3.07. The Kier molecular flexibility index (Phi) is 5.69. The van der Waals surface area contributed by atoms with Gasteiger partial charge in [-0.15, -0.1) is 0 Å². The van der Waals surface area contributed by atoms with E-state index >= 15 is 0 Å². The molecule has 0 unspecified atom stereocenters. The van der Waals surface area contributed by atoms with Crippen LogP contribution >= 0.6 is 0 Å². The molecule has 0 bridgehead atoms. The van der Waals surface area contributed by atoms with Crippen LogP contribution in [0.15, 0.2) is 12.1 Å². The molecular formula is C13H22N4O3. The van der Waals surface area contributed by atoms with E-state index in [1.165, 1.54) is 6.07 Å². The molecule has 0 aliphatic heterocycles. The van der Waals surface area contributed by atoms with Gasteiger partial charge in [0.2, 0.25) is 5.82 Å². The van der Waals surface area contributed by atoms with Gasteiger partial charge in [-0.1, -0.05) is 6.92 Å². The molecule has 20 heavy (non-hydrogen) atoms. The zero-order valence-electron chi connectivity index (χ0n) is 12.4. The molecule has 1 aromatic rings. The van der Waals surface area contributed by atoms with Gasteiger partial charge in [-0.05, 0) is 26.3 Å². The van der Waals surface area contributed by atoms with E-state index in [-0.39, 0.29) is 11.5 Å². The first-order valence-electron chi connectivity index (χ1n) is 6.56. The smallest absolute Gasteiger partial charge is 0.311 e. The number of rotatable bonds is 8. The molecule has 0 radical (unpaired) electrons. The molecule has 2 N–H and O–H groups in total. The Morgan fingerprint density at radius 1 is 1.45 bits per heavy atom. The van der Waals surface area contributed by atoms with Crippen LogP contribution in [0.25, 0.3) is 0 Å². The van der Waals surface area contributed by atoms with Gasteiger partial charge in [0.1, 0.15) is 5.82 Å². The molecule has 1 aromatic heterocycles. The van der Waals surface area contributed by atoms with Crippen LogP contribution in [-0.2, 0) is 4.74 Å². The van der Waals surface area contributed by atoms with E-state index < -0.39 is 10.5 Å². The molecule has 7 nitrogen and oxygen atoms in total. The lowest BCUT2D eigenvalue weighted by molar-refractivity contribution is -0.384. The Morgan fingerprint density at radius 3 is 2.70 bits per heavy atom. The Labute approximate surface area is 118 Å². The summed E-state index contributed by atoms with van der Waals surface area (Å²) < 4.78 is 5.10. The normalized spacial score (nSPS) is 11.2. The van der Waals surface area contributed by atoms with Gasteiger partial charge in [0, 0.05) is 19.7 Å². The fraction of sp³-hybridized carbons (Fsp3) is 0.615. The quantitative estimate of drug-likeness (QED) is 0.563. The predicted molar refractivity (Wildman–Crippen MR) is 79.2 cm³/mol. The molecule has 0 spiro atoms. The number of anilines is 2. The zero-order valence-corrected chi connectivity index (χ0v) is 12.4. The van der Waals surface area contributed by atoms with Gasteiger partial charge < -0.3 is 15.4 Å². The Balaban J connectivity index is 3.02. The first-order valence-corrected chi connectivity index (χ1v) is 6.56. The summed E-state index contributed by atoms with van der Waals surface area (Å²) >= 11 is 0. The largest absolute Gasteiger partial charge is 0.382 e. The maximum Gasteiger partial charge on any atom is 0.311 e. The van der Waals surface area contributed by atoms with Crippen molar-refractivity contribution in [1.82, 2.24) is 4.98 Å². The van der Waals surface area contributed by atoms with Crippen LogP contribution in [-0.4, -0.2) is 35.7 Å². The number of ether oxygens (including phenoxy) is 1. The van der Waals surface area contributed by atoms with E-state index in [1.807, 2.05) is 20.8 Å². The number of nitrogens with one attached hydrogen (secondary N) is 2. The first kappa shape index (κ1) is 16.2. The number of nitro groups is 1. The number of methoxy groups -OCH3 is 1. The van der Waals surface area contributed by atoms with Crippen molar-refractivity contribution in [2.75, 3.05) is 30.9 Å². The van der Waals surface area contributed by atoms with Crippen LogP contribution in [0.5, 0.6) is 0 Å². The van der Waals surface area contributed by atoms with Crippen molar-refractivity contribution < 1.29 is 9.66 Å². The molecule has 0 saturated carbocycles. The summed E-state index contributed by atoms with van der Waals surface area (Å²) in [7, 11) is 1.59. The van der Waals surface area contributed by atoms with E-state index in [4.69, 9.17) is 4.74 Å². The third-order valence-electron chi connectivity index (χ3n) is 2.59. The minimum atomic E-state index is -0.449. The monoisotopic (exact) mass is 282 g/mol. The van der Waals surface area contributed by atoms with Crippen molar-refractivity contribution in [3.8, 4) is 0 Å². The van der Waals surface area contributed by atoms with E-state index in [0.29, 0.717) is 12.4 Å². The second kappa shape index (κ2) is 7.04. The average Bonchev–Trinajstić information content (AvgIpc) is 2.35. The highest BCUT2D eigenvalue weighted by atomic mass is 16.6. The van der Waals surface area contributed by atoms with Crippen LogP contribution < -0.4 is 10.6 Å². The van der Waals surface area contributed by atoms with Gasteiger partial charge in [0.25, 0.3) is 0 Å². The van der Waals surface area contributed by atoms with Gasteiger partial charge in [0.15, 0.2) is 0 Å². The molecule has 0 aliphatic carbocycles. The van der Waals surface area contributed by atoms with Gasteiger partial charge in [-0.25, -0.2) is 4.98 Å². The summed E-state index contributed by atoms with van der Waals surface area (Å²) in [4.78, 5) is 14.9. The lowest BCUT2D eigenvalue weighted by atomic mass is 10.1. The molecular weight excluding hydrogens is 260 g/mol. The van der Waals surface area contributed by atoms with Crippen molar-refractivity contribution in [3.05, 3.63) is 22.2 Å². The number of aromatic nitrogens is 1. The van der Waals surface area contributed by atoms with Crippen molar-refractivity contribution >= 4 is 17.3 Å². The second-order valence-corrected chi connectivity index (χ2v) is 5.19. The SMILES string of the molecule is CCCNc1ccc([N+](=O)[O-])c(NC(C)(C)COC)n1. The number of pyridine rings is 1. The number of hydrogen-bond donors (Lipinski definition) is 2. The Morgan fingerprint density at radius 2 is 2.15 bits per heavy atom. The van der Waals surface area contributed by atoms with E-state index in [0.717, 1.165) is 13.0 Å². The summed E-state index contributed by atoms with van der Waals surface area (Å²) in [5.74, 6) is 0.867. The number of hydrogen-bond acceptors (Lipinski definition) is 6. The Hall–Kier alpha value is -1.89. The van der Waals surface area contributed by atoms with E-state index in [9.17, 15) is 10.1 Å². The molecule has 0 amide bonds. The lowest BCUT2D eigenvalue weighted by Crippen LogP contribution is -2.36. The topological polar surface area (TPSA) is 89.3 Å². The molecule has 112 valence electrons. The van der Waals surface area contributed by atoms with Crippen LogP contribution in [0.1, 0.15) is 27.2 Å². The van der Waals surface area contributed by atoms with Gasteiger partial charge in [-0.2, -0.15) is 0 Å². The molecule has 1 rings (SSSR count). The highest BCUT2D eigenvalue weighted by molar-refractivity contribution is 5.61. The third kappa shape index (κ3) is 4.65. The van der Waals surface area contributed by atoms with Crippen molar-refractivity contribution in [2.45, 2.75) is 32.7 Å². The minimum Gasteiger partial charge on any atom is -0.382 e. The summed E-state index contributed by atoms with van der Waals surface area (Å²) in [5.41, 5.74) is -0.494. The highest BCUT2D eigenvalue weighted by Crippen LogP contribution is 2.26. The highest BCUT2D eigenvalue weighted by Gasteiger charge is 2.24. The lowest BCUT2D eigenvalue weighted by Gasteiger charge is -2.25. The number of nitrogens with zero attached hydrogens (tertiary/aromatic N) is 2. The average molecular weight is 282 g/mol. The molecule has 7 heteroatoms. The molecule has 0 aromatic carbocycles. The Bertz CT molecular complexity index is 463. The molecule has 0 saturated heterocycles. The summed E-state index contributed by atoms with van der Waals surface area (Å²) in [5, 5.41) is 17.2. The summed E-state index contributed by atoms with van der Waals surface area (Å²) in [6.07, 6.45) is 0.955. The van der Waals surface area contributed by atoms with Gasteiger partial charge in [-0.3, -0.25) is 10.1 Å². The maximum atomic E-state index is 11.1. The van der Waals surface area contributed by atoms with Crippen LogP contribution in [0.2, 0.25) is 0 Å². The van der Waals surface area contributed by atoms with Gasteiger partial charge >= 0.3 is 5.69 Å². The van der Waals surface area contributed by atoms with E-state index in [2.05, 4.69) is 15.6 Å². The zero-order chi connectivity index (χ0) is 15.2. The van der Waals surface area contributed by atoms with E-state index in [1.54, 1.807) is 13.2 Å². The predicted octanol–water partition coefficient (Wildman–Crippen LogP) is 2.65. The summed E-state index contributed by atoms with van der Waals surface area (Å²) in [6.45, 7) is 7.02. The van der Waals surface area contributed by atoms with Crippen LogP contribution in [0.4, 0.5) is 17.3 Å². The first-order chi connectivity index (χ1) is 9.39. The third-order valence-corrected chi connectivity index (χ3v) is 2.59. The van der Waals surface area contributed by atoms with Crippen LogP contribution in [0.3, 0.4) is 0 Å². The standard InChI is InChI=1S/C13H22N4O3/c1-5-8-14-11-7-6-10(17(18)19)12(15-11)16-13(2,3)9-20-4/h6-7H,5,8-9H2,1-4H3,(H2,14,15,16). The maximum absolute atomic E-state index is 11.1. The van der Waals surface area contributed by atoms with Crippen molar-refractivity contribution in [3.63, 3.8) is 0 Å². The van der Waals surface area contributed by atoms with Crippen molar-refractivity contribution in [1.29, 1.82) is 0 Å². The second-order valence-electron chi connectivity index (χ2n) is 5.19. The molecule has 0 atom stereocenters. The van der Waals surface area contributed by atoms with Gasteiger partial charge in [0.05, 0.1) is 17.1 Å². The molecule has 0 fully saturated rings. The minimum absolute atomic E-state index is 0.0452. The van der Waals surface area contributed by atoms with Crippen molar-refractivity contribution in [2.24, 2.45) is 0 Å². The fourth-order valence-electron chi connectivity index (χ4n) is 1.76. The molecule has 0 aliphatic rings. The van der Waals surface area contributed by atoms with Crippen LogP contribution in [0, 0.1) is 10.1 Å². The fourth-order valence-corrected chi connectivity index (χ4v) is 1.76.